The first kappa shape index (κ1) is 14.2. The lowest BCUT2D eigenvalue weighted by Crippen LogP contribution is -2.10. The molecule has 2 aromatic carbocycles. The van der Waals surface area contributed by atoms with Crippen molar-refractivity contribution in [1.29, 1.82) is 0 Å². The number of oxime groups is 1. The number of benzene rings is 2. The molecule has 5 nitrogen and oxygen atoms in total. The van der Waals surface area contributed by atoms with Crippen molar-refractivity contribution in [2.45, 2.75) is 0 Å². The van der Waals surface area contributed by atoms with Crippen LogP contribution in [0.4, 0.5) is 10.5 Å². The highest BCUT2D eigenvalue weighted by Gasteiger charge is 2.03. The monoisotopic (exact) mass is 313 g/mol. The first-order valence-electron chi connectivity index (χ1n) is 6.55. The number of aromatic amines is 1. The molecule has 0 fully saturated rings. The number of halogens is 1. The summed E-state index contributed by atoms with van der Waals surface area (Å²) in [4.78, 5) is 19.5. The second-order valence-electron chi connectivity index (χ2n) is 4.53. The average Bonchev–Trinajstić information content (AvgIpc) is 2.93. The number of carbonyl (C=O) groups is 1. The first-order valence-corrected chi connectivity index (χ1v) is 6.93. The summed E-state index contributed by atoms with van der Waals surface area (Å²) in [5.74, 6) is 0. The minimum atomic E-state index is -0.668. The summed E-state index contributed by atoms with van der Waals surface area (Å²) in [5.41, 5.74) is 2.42. The lowest BCUT2D eigenvalue weighted by Gasteiger charge is -2.02. The highest BCUT2D eigenvalue weighted by Crippen LogP contribution is 2.16. The van der Waals surface area contributed by atoms with E-state index in [4.69, 9.17) is 16.4 Å². The maximum Gasteiger partial charge on any atom is 0.437 e. The van der Waals surface area contributed by atoms with Gasteiger partial charge in [-0.15, -0.1) is 0 Å². The standard InChI is InChI=1S/C16H12ClN3O2/c17-12-5-7-13(8-6-12)20-16(21)22-19-10-11-9-18-15-4-2-1-3-14(11)15/h1-10,18H,(H,20,21)/b19-10-. The average molecular weight is 314 g/mol. The van der Waals surface area contributed by atoms with Gasteiger partial charge in [0.25, 0.3) is 0 Å². The minimum Gasteiger partial charge on any atom is -0.361 e. The van der Waals surface area contributed by atoms with Gasteiger partial charge in [0.2, 0.25) is 0 Å². The smallest absolute Gasteiger partial charge is 0.361 e. The van der Waals surface area contributed by atoms with Crippen LogP contribution in [0.25, 0.3) is 10.9 Å². The summed E-state index contributed by atoms with van der Waals surface area (Å²) in [6.45, 7) is 0. The third kappa shape index (κ3) is 3.27. The van der Waals surface area contributed by atoms with E-state index in [1.165, 1.54) is 6.21 Å². The Balaban J connectivity index is 1.62. The molecule has 1 heterocycles. The van der Waals surface area contributed by atoms with Crippen molar-refractivity contribution in [3.8, 4) is 0 Å². The molecule has 3 rings (SSSR count). The van der Waals surface area contributed by atoms with Crippen molar-refractivity contribution in [1.82, 2.24) is 4.98 Å². The fraction of sp³-hybridized carbons (Fsp3) is 0. The van der Waals surface area contributed by atoms with Gasteiger partial charge in [0.15, 0.2) is 0 Å². The normalized spacial score (nSPS) is 11.0. The quantitative estimate of drug-likeness (QED) is 0.427. The molecule has 0 atom stereocenters. The van der Waals surface area contributed by atoms with Gasteiger partial charge in [0, 0.05) is 33.4 Å². The molecular formula is C16H12ClN3O2. The van der Waals surface area contributed by atoms with Crippen LogP contribution in [0.1, 0.15) is 5.56 Å². The van der Waals surface area contributed by atoms with Crippen LogP contribution in [-0.4, -0.2) is 17.3 Å². The van der Waals surface area contributed by atoms with E-state index in [1.54, 1.807) is 30.5 Å². The van der Waals surface area contributed by atoms with Gasteiger partial charge in [-0.25, -0.2) is 4.79 Å². The van der Waals surface area contributed by atoms with Gasteiger partial charge in [-0.2, -0.15) is 0 Å². The van der Waals surface area contributed by atoms with Crippen LogP contribution < -0.4 is 5.32 Å². The minimum absolute atomic E-state index is 0.580. The Bertz CT molecular complexity index is 825. The largest absolute Gasteiger partial charge is 0.437 e. The second-order valence-corrected chi connectivity index (χ2v) is 4.97. The van der Waals surface area contributed by atoms with Gasteiger partial charge in [-0.05, 0) is 30.3 Å². The van der Waals surface area contributed by atoms with E-state index in [9.17, 15) is 4.79 Å². The van der Waals surface area contributed by atoms with Gasteiger partial charge < -0.3 is 4.98 Å². The molecule has 1 amide bonds. The molecule has 0 spiro atoms. The summed E-state index contributed by atoms with van der Waals surface area (Å²) < 4.78 is 0. The zero-order valence-electron chi connectivity index (χ0n) is 11.4. The Morgan fingerprint density at radius 3 is 2.77 bits per heavy atom. The zero-order chi connectivity index (χ0) is 15.4. The van der Waals surface area contributed by atoms with Crippen LogP contribution in [0, 0.1) is 0 Å². The van der Waals surface area contributed by atoms with E-state index >= 15 is 0 Å². The zero-order valence-corrected chi connectivity index (χ0v) is 12.2. The lowest BCUT2D eigenvalue weighted by molar-refractivity contribution is 0.167. The fourth-order valence-electron chi connectivity index (χ4n) is 2.01. The highest BCUT2D eigenvalue weighted by molar-refractivity contribution is 6.30. The number of fused-ring (bicyclic) bond motifs is 1. The summed E-state index contributed by atoms with van der Waals surface area (Å²) >= 11 is 5.77. The second kappa shape index (κ2) is 6.32. The molecule has 0 radical (unpaired) electrons. The van der Waals surface area contributed by atoms with Gasteiger partial charge in [0.1, 0.15) is 0 Å². The Kier molecular flexibility index (Phi) is 4.07. The molecule has 0 saturated heterocycles. The van der Waals surface area contributed by atoms with Crippen LogP contribution in [0.5, 0.6) is 0 Å². The van der Waals surface area contributed by atoms with Crippen LogP contribution in [0.2, 0.25) is 5.02 Å². The Hall–Kier alpha value is -2.79. The number of hydrogen-bond donors (Lipinski definition) is 2. The number of anilines is 1. The number of aromatic nitrogens is 1. The molecule has 0 unspecified atom stereocenters. The molecule has 0 saturated carbocycles. The Morgan fingerprint density at radius 2 is 1.95 bits per heavy atom. The summed E-state index contributed by atoms with van der Waals surface area (Å²) in [5, 5.41) is 7.84. The molecule has 0 aliphatic carbocycles. The van der Waals surface area contributed by atoms with E-state index in [2.05, 4.69) is 15.5 Å². The molecule has 0 bridgehead atoms. The Morgan fingerprint density at radius 1 is 1.18 bits per heavy atom. The summed E-state index contributed by atoms with van der Waals surface area (Å²) in [7, 11) is 0. The highest BCUT2D eigenvalue weighted by atomic mass is 35.5. The topological polar surface area (TPSA) is 66.5 Å². The van der Waals surface area contributed by atoms with E-state index in [-0.39, 0.29) is 0 Å². The number of nitrogens with one attached hydrogen (secondary N) is 2. The third-order valence-electron chi connectivity index (χ3n) is 3.04. The molecule has 6 heteroatoms. The van der Waals surface area contributed by atoms with Crippen LogP contribution in [0.3, 0.4) is 0 Å². The number of carbonyl (C=O) groups excluding carboxylic acids is 1. The molecular weight excluding hydrogens is 302 g/mol. The number of nitrogens with zero attached hydrogens (tertiary/aromatic N) is 1. The number of amides is 1. The molecule has 0 aliphatic rings. The molecule has 1 aromatic heterocycles. The van der Waals surface area contributed by atoms with E-state index in [0.29, 0.717) is 10.7 Å². The van der Waals surface area contributed by atoms with Gasteiger partial charge in [0.05, 0.1) is 6.21 Å². The summed E-state index contributed by atoms with van der Waals surface area (Å²) in [6.07, 6.45) is 2.62. The molecule has 3 aromatic rings. The molecule has 0 aliphatic heterocycles. The van der Waals surface area contributed by atoms with Crippen molar-refractivity contribution in [3.63, 3.8) is 0 Å². The third-order valence-corrected chi connectivity index (χ3v) is 3.29. The van der Waals surface area contributed by atoms with Crippen molar-refractivity contribution < 1.29 is 9.63 Å². The molecule has 110 valence electrons. The summed E-state index contributed by atoms with van der Waals surface area (Å²) in [6, 6.07) is 14.5. The maximum atomic E-state index is 11.6. The van der Waals surface area contributed by atoms with Crippen molar-refractivity contribution in [2.24, 2.45) is 5.16 Å². The van der Waals surface area contributed by atoms with E-state index in [1.807, 2.05) is 24.3 Å². The van der Waals surface area contributed by atoms with Gasteiger partial charge >= 0.3 is 6.09 Å². The van der Waals surface area contributed by atoms with Crippen LogP contribution >= 0.6 is 11.6 Å². The van der Waals surface area contributed by atoms with Crippen LogP contribution in [0.15, 0.2) is 59.9 Å². The predicted molar refractivity (Wildman–Crippen MR) is 87.4 cm³/mol. The molecule has 2 N–H and O–H groups in total. The van der Waals surface area contributed by atoms with Crippen molar-refractivity contribution >= 4 is 40.5 Å². The van der Waals surface area contributed by atoms with Gasteiger partial charge in [-0.3, -0.25) is 10.2 Å². The SMILES string of the molecule is O=C(Nc1ccc(Cl)cc1)O/N=C\c1c[nH]c2ccccc12. The maximum absolute atomic E-state index is 11.6. The fourth-order valence-corrected chi connectivity index (χ4v) is 2.13. The lowest BCUT2D eigenvalue weighted by atomic mass is 10.2. The Labute approximate surface area is 131 Å². The molecule has 22 heavy (non-hydrogen) atoms. The van der Waals surface area contributed by atoms with Crippen molar-refractivity contribution in [3.05, 3.63) is 65.3 Å². The van der Waals surface area contributed by atoms with E-state index in [0.717, 1.165) is 16.5 Å². The van der Waals surface area contributed by atoms with E-state index < -0.39 is 6.09 Å². The number of para-hydroxylation sites is 1. The number of hydrogen-bond acceptors (Lipinski definition) is 3. The number of H-pyrrole nitrogens is 1. The number of rotatable bonds is 3. The predicted octanol–water partition coefficient (Wildman–Crippen LogP) is 4.40. The first-order chi connectivity index (χ1) is 10.7. The van der Waals surface area contributed by atoms with Gasteiger partial charge in [-0.1, -0.05) is 35.0 Å². The van der Waals surface area contributed by atoms with Crippen molar-refractivity contribution in [2.75, 3.05) is 5.32 Å². The van der Waals surface area contributed by atoms with Crippen LogP contribution in [-0.2, 0) is 4.84 Å².